The predicted molar refractivity (Wildman–Crippen MR) is 75.8 cm³/mol. The molecule has 106 valence electrons. The van der Waals surface area contributed by atoms with Crippen LogP contribution in [0.3, 0.4) is 0 Å². The summed E-state index contributed by atoms with van der Waals surface area (Å²) in [5.41, 5.74) is 6.64. The number of oxime groups is 1. The lowest BCUT2D eigenvalue weighted by molar-refractivity contribution is 0.0769. The normalized spacial score (nSPS) is 11.8. The summed E-state index contributed by atoms with van der Waals surface area (Å²) in [5, 5.41) is 12.2. The third-order valence-corrected chi connectivity index (χ3v) is 3.15. The summed E-state index contributed by atoms with van der Waals surface area (Å²) in [6.45, 7) is 2.81. The van der Waals surface area contributed by atoms with Crippen LogP contribution in [-0.2, 0) is 0 Å². The Kier molecular flexibility index (Phi) is 4.24. The maximum Gasteiger partial charge on any atom is 0.257 e. The Labute approximate surface area is 116 Å². The van der Waals surface area contributed by atoms with Crippen LogP contribution in [0.1, 0.15) is 23.7 Å². The van der Waals surface area contributed by atoms with Crippen LogP contribution in [0.25, 0.3) is 11.0 Å². The zero-order valence-corrected chi connectivity index (χ0v) is 11.2. The zero-order chi connectivity index (χ0) is 14.5. The fourth-order valence-corrected chi connectivity index (χ4v) is 2.02. The van der Waals surface area contributed by atoms with Crippen LogP contribution in [-0.4, -0.2) is 34.9 Å². The van der Waals surface area contributed by atoms with E-state index in [2.05, 4.69) is 5.16 Å². The second-order valence-electron chi connectivity index (χ2n) is 4.37. The van der Waals surface area contributed by atoms with Crippen molar-refractivity contribution in [2.75, 3.05) is 13.1 Å². The van der Waals surface area contributed by atoms with Gasteiger partial charge in [-0.1, -0.05) is 23.4 Å². The average Bonchev–Trinajstić information content (AvgIpc) is 2.91. The van der Waals surface area contributed by atoms with Gasteiger partial charge in [0.15, 0.2) is 0 Å². The van der Waals surface area contributed by atoms with Crippen LogP contribution in [0.15, 0.2) is 40.1 Å². The van der Waals surface area contributed by atoms with Gasteiger partial charge >= 0.3 is 0 Å². The van der Waals surface area contributed by atoms with Crippen molar-refractivity contribution in [3.05, 3.63) is 36.1 Å². The molecule has 2 rings (SSSR count). The van der Waals surface area contributed by atoms with Crippen LogP contribution in [0.4, 0.5) is 0 Å². The lowest BCUT2D eigenvalue weighted by Gasteiger charge is -2.19. The second-order valence-corrected chi connectivity index (χ2v) is 4.37. The van der Waals surface area contributed by atoms with Crippen LogP contribution in [0.2, 0.25) is 0 Å². The second kappa shape index (κ2) is 6.10. The van der Waals surface area contributed by atoms with Crippen molar-refractivity contribution in [3.8, 4) is 0 Å². The Morgan fingerprint density at radius 1 is 1.45 bits per heavy atom. The van der Waals surface area contributed by atoms with E-state index in [9.17, 15) is 4.79 Å². The van der Waals surface area contributed by atoms with Gasteiger partial charge in [0.05, 0.1) is 5.56 Å². The minimum atomic E-state index is -0.122. The smallest absolute Gasteiger partial charge is 0.257 e. The van der Waals surface area contributed by atoms with E-state index in [1.165, 1.54) is 6.26 Å². The van der Waals surface area contributed by atoms with Gasteiger partial charge in [-0.15, -0.1) is 0 Å². The Morgan fingerprint density at radius 3 is 2.90 bits per heavy atom. The standard InChI is InChI=1S/C14H17N3O3/c1-2-17(8-7-13(15)16-19)14(18)11-9-20-12-6-4-3-5-10(11)12/h3-6,9,19H,2,7-8H2,1H3,(H2,15,16). The van der Waals surface area contributed by atoms with Crippen LogP contribution < -0.4 is 5.73 Å². The molecule has 6 nitrogen and oxygen atoms in total. The van der Waals surface area contributed by atoms with E-state index in [0.717, 1.165) is 5.39 Å². The molecule has 20 heavy (non-hydrogen) atoms. The van der Waals surface area contributed by atoms with Gasteiger partial charge in [-0.2, -0.15) is 0 Å². The molecular weight excluding hydrogens is 258 g/mol. The number of rotatable bonds is 5. The summed E-state index contributed by atoms with van der Waals surface area (Å²) in [6.07, 6.45) is 1.80. The summed E-state index contributed by atoms with van der Waals surface area (Å²) in [7, 11) is 0. The number of amidine groups is 1. The predicted octanol–water partition coefficient (Wildman–Crippen LogP) is 2.03. The maximum atomic E-state index is 12.5. The van der Waals surface area contributed by atoms with Gasteiger partial charge in [-0.05, 0) is 13.0 Å². The molecule has 2 aromatic rings. The van der Waals surface area contributed by atoms with Crippen molar-refractivity contribution < 1.29 is 14.4 Å². The molecule has 1 aromatic heterocycles. The van der Waals surface area contributed by atoms with Gasteiger partial charge in [0, 0.05) is 24.9 Å². The lowest BCUT2D eigenvalue weighted by atomic mass is 10.1. The molecule has 0 aliphatic rings. The Morgan fingerprint density at radius 2 is 2.20 bits per heavy atom. The molecular formula is C14H17N3O3. The Hall–Kier alpha value is -2.50. The highest BCUT2D eigenvalue weighted by Crippen LogP contribution is 2.22. The molecule has 0 radical (unpaired) electrons. The number of furan rings is 1. The van der Waals surface area contributed by atoms with Gasteiger partial charge in [0.25, 0.3) is 5.91 Å². The van der Waals surface area contributed by atoms with Crippen molar-refractivity contribution in [3.63, 3.8) is 0 Å². The van der Waals surface area contributed by atoms with E-state index in [0.29, 0.717) is 30.7 Å². The van der Waals surface area contributed by atoms with E-state index in [-0.39, 0.29) is 11.7 Å². The number of benzene rings is 1. The van der Waals surface area contributed by atoms with Gasteiger partial charge in [0.1, 0.15) is 17.7 Å². The fourth-order valence-electron chi connectivity index (χ4n) is 2.02. The van der Waals surface area contributed by atoms with Crippen molar-refractivity contribution in [2.24, 2.45) is 10.9 Å². The molecule has 0 aliphatic heterocycles. The Bertz CT molecular complexity index is 633. The number of para-hydroxylation sites is 1. The summed E-state index contributed by atoms with van der Waals surface area (Å²) < 4.78 is 5.38. The van der Waals surface area contributed by atoms with Crippen LogP contribution in [0, 0.1) is 0 Å². The molecule has 0 bridgehead atoms. The average molecular weight is 275 g/mol. The summed E-state index contributed by atoms with van der Waals surface area (Å²) in [6, 6.07) is 7.39. The molecule has 0 saturated heterocycles. The maximum absolute atomic E-state index is 12.5. The van der Waals surface area contributed by atoms with E-state index in [1.807, 2.05) is 31.2 Å². The zero-order valence-electron chi connectivity index (χ0n) is 11.2. The van der Waals surface area contributed by atoms with E-state index < -0.39 is 0 Å². The SMILES string of the molecule is CCN(CCC(N)=NO)C(=O)c1coc2ccccc12. The first kappa shape index (κ1) is 13.9. The molecule has 0 atom stereocenters. The first-order valence-electron chi connectivity index (χ1n) is 6.39. The number of carbonyl (C=O) groups excluding carboxylic acids is 1. The number of carbonyl (C=O) groups is 1. The monoisotopic (exact) mass is 275 g/mol. The summed E-state index contributed by atoms with van der Waals surface area (Å²) in [5.74, 6) is -0.0171. The van der Waals surface area contributed by atoms with Crippen LogP contribution in [0.5, 0.6) is 0 Å². The molecule has 1 heterocycles. The third kappa shape index (κ3) is 2.74. The lowest BCUT2D eigenvalue weighted by Crippen LogP contribution is -2.33. The largest absolute Gasteiger partial charge is 0.463 e. The molecule has 3 N–H and O–H groups in total. The minimum absolute atomic E-state index is 0.105. The highest BCUT2D eigenvalue weighted by Gasteiger charge is 2.19. The number of nitrogens with zero attached hydrogens (tertiary/aromatic N) is 2. The first-order valence-corrected chi connectivity index (χ1v) is 6.39. The number of amides is 1. The number of hydrogen-bond donors (Lipinski definition) is 2. The molecule has 1 amide bonds. The van der Waals surface area contributed by atoms with Crippen molar-refractivity contribution >= 4 is 22.7 Å². The molecule has 0 aliphatic carbocycles. The number of nitrogens with two attached hydrogens (primary N) is 1. The Balaban J connectivity index is 2.20. The summed E-state index contributed by atoms with van der Waals surface area (Å²) in [4.78, 5) is 14.1. The van der Waals surface area contributed by atoms with Gasteiger partial charge in [0.2, 0.25) is 0 Å². The van der Waals surface area contributed by atoms with Gasteiger partial charge < -0.3 is 20.3 Å². The summed E-state index contributed by atoms with van der Waals surface area (Å²) >= 11 is 0. The molecule has 1 aromatic carbocycles. The molecule has 0 fully saturated rings. The molecule has 0 saturated carbocycles. The third-order valence-electron chi connectivity index (χ3n) is 3.15. The number of fused-ring (bicyclic) bond motifs is 1. The molecule has 6 heteroatoms. The fraction of sp³-hybridized carbons (Fsp3) is 0.286. The van der Waals surface area contributed by atoms with Crippen molar-refractivity contribution in [2.45, 2.75) is 13.3 Å². The van der Waals surface area contributed by atoms with Crippen molar-refractivity contribution in [1.82, 2.24) is 4.90 Å². The topological polar surface area (TPSA) is 92.1 Å². The molecule has 0 unspecified atom stereocenters. The van der Waals surface area contributed by atoms with E-state index in [1.54, 1.807) is 4.90 Å². The number of hydrogen-bond acceptors (Lipinski definition) is 4. The van der Waals surface area contributed by atoms with Crippen molar-refractivity contribution in [1.29, 1.82) is 0 Å². The minimum Gasteiger partial charge on any atom is -0.463 e. The van der Waals surface area contributed by atoms with E-state index >= 15 is 0 Å². The van der Waals surface area contributed by atoms with Gasteiger partial charge in [-0.25, -0.2) is 0 Å². The molecule has 0 spiro atoms. The highest BCUT2D eigenvalue weighted by molar-refractivity contribution is 6.05. The quantitative estimate of drug-likeness (QED) is 0.378. The van der Waals surface area contributed by atoms with Gasteiger partial charge in [-0.3, -0.25) is 4.79 Å². The van der Waals surface area contributed by atoms with Crippen LogP contribution >= 0.6 is 0 Å². The highest BCUT2D eigenvalue weighted by atomic mass is 16.4. The first-order chi connectivity index (χ1) is 9.67. The van der Waals surface area contributed by atoms with E-state index in [4.69, 9.17) is 15.4 Å².